The zero-order valence-corrected chi connectivity index (χ0v) is 20.2. The standard InChI is InChI=1S/C26H28N2O8/c1-3-4-13-35-25(32)18-5-9-20(10-6-18)27-22(29)16-36-26(33)19-14-23(30)28(15-19)21-11-7-17(8-12-21)24(31)34-2/h5-12,19H,3-4,13-16H2,1-2H3,(H,27,29)/t19-/m0/s1. The summed E-state index contributed by atoms with van der Waals surface area (Å²) in [7, 11) is 1.28. The van der Waals surface area contributed by atoms with Gasteiger partial charge in [0.1, 0.15) is 0 Å². The number of nitrogens with zero attached hydrogens (tertiary/aromatic N) is 1. The Labute approximate surface area is 208 Å². The highest BCUT2D eigenvalue weighted by Crippen LogP contribution is 2.26. The van der Waals surface area contributed by atoms with Crippen molar-refractivity contribution in [3.05, 3.63) is 59.7 Å². The summed E-state index contributed by atoms with van der Waals surface area (Å²) in [6.07, 6.45) is 1.66. The number of anilines is 2. The molecule has 2 aromatic rings. The molecular formula is C26H28N2O8. The largest absolute Gasteiger partial charge is 0.465 e. The molecule has 1 atom stereocenters. The second-order valence-corrected chi connectivity index (χ2v) is 8.17. The summed E-state index contributed by atoms with van der Waals surface area (Å²) in [6, 6.07) is 12.4. The van der Waals surface area contributed by atoms with E-state index >= 15 is 0 Å². The molecule has 10 heteroatoms. The molecule has 3 rings (SSSR count). The van der Waals surface area contributed by atoms with E-state index in [1.807, 2.05) is 6.92 Å². The monoisotopic (exact) mass is 496 g/mol. The van der Waals surface area contributed by atoms with Crippen LogP contribution in [-0.4, -0.2) is 56.6 Å². The number of benzene rings is 2. The third kappa shape index (κ3) is 6.91. The average Bonchev–Trinajstić information content (AvgIpc) is 3.29. The second kappa shape index (κ2) is 12.5. The molecule has 1 fully saturated rings. The Kier molecular flexibility index (Phi) is 9.15. The van der Waals surface area contributed by atoms with Gasteiger partial charge in [-0.1, -0.05) is 13.3 Å². The number of carbonyl (C=O) groups is 5. The molecule has 36 heavy (non-hydrogen) atoms. The average molecular weight is 497 g/mol. The van der Waals surface area contributed by atoms with Crippen molar-refractivity contribution in [2.24, 2.45) is 5.92 Å². The number of esters is 3. The maximum absolute atomic E-state index is 12.4. The van der Waals surface area contributed by atoms with Crippen LogP contribution in [0.5, 0.6) is 0 Å². The number of methoxy groups -OCH3 is 1. The molecule has 0 spiro atoms. The van der Waals surface area contributed by atoms with Crippen molar-refractivity contribution in [3.8, 4) is 0 Å². The van der Waals surface area contributed by atoms with Crippen LogP contribution in [0.4, 0.5) is 11.4 Å². The molecule has 190 valence electrons. The van der Waals surface area contributed by atoms with Gasteiger partial charge in [-0.2, -0.15) is 0 Å². The van der Waals surface area contributed by atoms with Gasteiger partial charge in [0, 0.05) is 24.3 Å². The predicted molar refractivity (Wildman–Crippen MR) is 129 cm³/mol. The summed E-state index contributed by atoms with van der Waals surface area (Å²) >= 11 is 0. The van der Waals surface area contributed by atoms with Crippen molar-refractivity contribution in [2.75, 3.05) is 37.1 Å². The molecule has 0 unspecified atom stereocenters. The molecule has 0 aliphatic carbocycles. The van der Waals surface area contributed by atoms with Gasteiger partial charge < -0.3 is 24.4 Å². The van der Waals surface area contributed by atoms with Gasteiger partial charge in [0.25, 0.3) is 5.91 Å². The summed E-state index contributed by atoms with van der Waals surface area (Å²) in [5.74, 6) is -3.12. The number of carbonyl (C=O) groups excluding carboxylic acids is 5. The molecule has 1 N–H and O–H groups in total. The molecular weight excluding hydrogens is 468 g/mol. The first-order valence-corrected chi connectivity index (χ1v) is 11.5. The molecule has 2 aromatic carbocycles. The molecule has 2 amide bonds. The van der Waals surface area contributed by atoms with E-state index in [-0.39, 0.29) is 18.9 Å². The first-order chi connectivity index (χ1) is 17.3. The Morgan fingerprint density at radius 3 is 2.22 bits per heavy atom. The molecule has 1 aliphatic rings. The van der Waals surface area contributed by atoms with Crippen LogP contribution in [0.15, 0.2) is 48.5 Å². The molecule has 0 saturated carbocycles. The fourth-order valence-electron chi connectivity index (χ4n) is 3.54. The number of ether oxygens (including phenoxy) is 3. The number of amides is 2. The van der Waals surface area contributed by atoms with Crippen LogP contribution in [0.1, 0.15) is 46.9 Å². The van der Waals surface area contributed by atoms with E-state index in [2.05, 4.69) is 10.1 Å². The van der Waals surface area contributed by atoms with E-state index in [0.29, 0.717) is 29.1 Å². The molecule has 0 aromatic heterocycles. The van der Waals surface area contributed by atoms with Crippen LogP contribution in [0.3, 0.4) is 0 Å². The first-order valence-electron chi connectivity index (χ1n) is 11.5. The van der Waals surface area contributed by atoms with Gasteiger partial charge in [-0.15, -0.1) is 0 Å². The number of hydrogen-bond acceptors (Lipinski definition) is 8. The van der Waals surface area contributed by atoms with Crippen LogP contribution in [-0.2, 0) is 28.6 Å². The SMILES string of the molecule is CCCCOC(=O)c1ccc(NC(=O)COC(=O)[C@H]2CC(=O)N(c3ccc(C(=O)OC)cc3)C2)cc1. The quantitative estimate of drug-likeness (QED) is 0.302. The van der Waals surface area contributed by atoms with Crippen molar-refractivity contribution >= 4 is 41.1 Å². The topological polar surface area (TPSA) is 128 Å². The zero-order chi connectivity index (χ0) is 26.1. The van der Waals surface area contributed by atoms with Crippen LogP contribution in [0.2, 0.25) is 0 Å². The highest BCUT2D eigenvalue weighted by Gasteiger charge is 2.36. The maximum Gasteiger partial charge on any atom is 0.338 e. The Balaban J connectivity index is 1.46. The molecule has 0 bridgehead atoms. The lowest BCUT2D eigenvalue weighted by atomic mass is 10.1. The lowest BCUT2D eigenvalue weighted by molar-refractivity contribution is -0.151. The Bertz CT molecular complexity index is 1110. The van der Waals surface area contributed by atoms with Gasteiger partial charge >= 0.3 is 17.9 Å². The lowest BCUT2D eigenvalue weighted by Gasteiger charge is -2.16. The summed E-state index contributed by atoms with van der Waals surface area (Å²) in [6.45, 7) is 1.94. The van der Waals surface area contributed by atoms with Gasteiger partial charge in [-0.05, 0) is 55.0 Å². The Morgan fingerprint density at radius 1 is 0.944 bits per heavy atom. The molecule has 1 saturated heterocycles. The highest BCUT2D eigenvalue weighted by molar-refractivity contribution is 6.00. The van der Waals surface area contributed by atoms with Gasteiger partial charge in [0.15, 0.2) is 6.61 Å². The number of rotatable bonds is 10. The van der Waals surface area contributed by atoms with Crippen LogP contribution >= 0.6 is 0 Å². The van der Waals surface area contributed by atoms with Crippen LogP contribution in [0.25, 0.3) is 0 Å². The third-order valence-electron chi connectivity index (χ3n) is 5.54. The number of unbranched alkanes of at least 4 members (excludes halogenated alkanes) is 1. The molecule has 10 nitrogen and oxygen atoms in total. The fraction of sp³-hybridized carbons (Fsp3) is 0.346. The van der Waals surface area contributed by atoms with Crippen molar-refractivity contribution in [2.45, 2.75) is 26.2 Å². The summed E-state index contributed by atoms with van der Waals surface area (Å²) < 4.78 is 14.9. The van der Waals surface area contributed by atoms with Crippen molar-refractivity contribution < 1.29 is 38.2 Å². The number of hydrogen-bond donors (Lipinski definition) is 1. The van der Waals surface area contributed by atoms with Crippen molar-refractivity contribution in [1.29, 1.82) is 0 Å². The Hall–Kier alpha value is -4.21. The van der Waals surface area contributed by atoms with Gasteiger partial charge in [-0.3, -0.25) is 14.4 Å². The summed E-state index contributed by atoms with van der Waals surface area (Å²) in [5, 5.41) is 2.59. The minimum absolute atomic E-state index is 0.0466. The summed E-state index contributed by atoms with van der Waals surface area (Å²) in [5.41, 5.74) is 1.68. The van der Waals surface area contributed by atoms with E-state index in [0.717, 1.165) is 12.8 Å². The van der Waals surface area contributed by atoms with Crippen molar-refractivity contribution in [1.82, 2.24) is 0 Å². The maximum atomic E-state index is 12.4. The minimum Gasteiger partial charge on any atom is -0.465 e. The predicted octanol–water partition coefficient (Wildman–Crippen LogP) is 2.96. The van der Waals surface area contributed by atoms with E-state index in [1.54, 1.807) is 24.3 Å². The number of nitrogens with one attached hydrogen (secondary N) is 1. The molecule has 1 aliphatic heterocycles. The van der Waals surface area contributed by atoms with E-state index < -0.39 is 36.3 Å². The normalized spacial score (nSPS) is 14.8. The van der Waals surface area contributed by atoms with E-state index in [4.69, 9.17) is 9.47 Å². The third-order valence-corrected chi connectivity index (χ3v) is 5.54. The first kappa shape index (κ1) is 26.4. The fourth-order valence-corrected chi connectivity index (χ4v) is 3.54. The smallest absolute Gasteiger partial charge is 0.338 e. The van der Waals surface area contributed by atoms with Crippen LogP contribution in [0, 0.1) is 5.92 Å². The highest BCUT2D eigenvalue weighted by atomic mass is 16.5. The van der Waals surface area contributed by atoms with E-state index in [9.17, 15) is 24.0 Å². The molecule has 0 radical (unpaired) electrons. The Morgan fingerprint density at radius 2 is 1.58 bits per heavy atom. The lowest BCUT2D eigenvalue weighted by Crippen LogP contribution is -2.28. The molecule has 1 heterocycles. The zero-order valence-electron chi connectivity index (χ0n) is 20.2. The van der Waals surface area contributed by atoms with Gasteiger partial charge in [-0.25, -0.2) is 9.59 Å². The van der Waals surface area contributed by atoms with Gasteiger partial charge in [0.05, 0.1) is 30.8 Å². The van der Waals surface area contributed by atoms with Crippen molar-refractivity contribution in [3.63, 3.8) is 0 Å². The van der Waals surface area contributed by atoms with E-state index in [1.165, 1.54) is 36.3 Å². The van der Waals surface area contributed by atoms with Gasteiger partial charge in [0.2, 0.25) is 5.91 Å². The second-order valence-electron chi connectivity index (χ2n) is 8.17. The minimum atomic E-state index is -0.719. The van der Waals surface area contributed by atoms with Crippen LogP contribution < -0.4 is 10.2 Å². The summed E-state index contributed by atoms with van der Waals surface area (Å²) in [4.78, 5) is 62.0.